The first-order valence-corrected chi connectivity index (χ1v) is 9.75. The van der Waals surface area contributed by atoms with Gasteiger partial charge < -0.3 is 4.42 Å². The molecule has 0 bridgehead atoms. The average molecular weight is 483 g/mol. The van der Waals surface area contributed by atoms with E-state index in [1.807, 2.05) is 60.7 Å². The molecule has 0 amide bonds. The molecule has 27 heavy (non-hydrogen) atoms. The van der Waals surface area contributed by atoms with Gasteiger partial charge in [-0.05, 0) is 50.1 Å². The Kier molecular flexibility index (Phi) is 5.27. The number of hydrogen-bond donors (Lipinski definition) is 0. The Balaban J connectivity index is 0.000000137. The van der Waals surface area contributed by atoms with Gasteiger partial charge in [-0.3, -0.25) is 0 Å². The minimum atomic E-state index is 0.714. The lowest BCUT2D eigenvalue weighted by molar-refractivity contribution is 0.669. The van der Waals surface area contributed by atoms with Gasteiger partial charge in [0, 0.05) is 25.3 Å². The molecule has 5 aromatic rings. The highest BCUT2D eigenvalue weighted by molar-refractivity contribution is 9.13. The van der Waals surface area contributed by atoms with Gasteiger partial charge in [-0.2, -0.15) is 0 Å². The Morgan fingerprint density at radius 1 is 0.704 bits per heavy atom. The van der Waals surface area contributed by atoms with Gasteiger partial charge in [0.2, 0.25) is 0 Å². The predicted octanol–water partition coefficient (Wildman–Crippen LogP) is 6.65. The second kappa shape index (κ2) is 7.98. The molecule has 0 aliphatic carbocycles. The summed E-state index contributed by atoms with van der Waals surface area (Å²) in [5, 5.41) is 2.26. The molecule has 0 radical (unpaired) electrons. The van der Waals surface area contributed by atoms with Crippen LogP contribution in [0.4, 0.5) is 0 Å². The number of hydrogen-bond acceptors (Lipinski definition) is 4. The van der Waals surface area contributed by atoms with Crippen molar-refractivity contribution in [3.05, 3.63) is 88.3 Å². The number of rotatable bonds is 1. The quantitative estimate of drug-likeness (QED) is 0.268. The molecule has 4 nitrogen and oxygen atoms in total. The number of furan rings is 1. The zero-order valence-electron chi connectivity index (χ0n) is 14.0. The standard InChI is InChI=1S/C12H6Br2O.C9H7N3/c13-8-5-6-10-11(12(8)14)7-3-1-2-4-9(7)15-10;1-2-4-8(5-3-1)9-11-6-10-7-12-9/h1-6H;1-7H. The van der Waals surface area contributed by atoms with Crippen molar-refractivity contribution in [2.24, 2.45) is 0 Å². The highest BCUT2D eigenvalue weighted by atomic mass is 79.9. The summed E-state index contributed by atoms with van der Waals surface area (Å²) >= 11 is 7.07. The largest absolute Gasteiger partial charge is 0.456 e. The van der Waals surface area contributed by atoms with Crippen molar-refractivity contribution in [2.75, 3.05) is 0 Å². The van der Waals surface area contributed by atoms with Gasteiger partial charge in [0.15, 0.2) is 5.82 Å². The Bertz CT molecular complexity index is 1150. The molecule has 0 saturated carbocycles. The average Bonchev–Trinajstić information content (AvgIpc) is 3.12. The summed E-state index contributed by atoms with van der Waals surface area (Å²) in [7, 11) is 0. The van der Waals surface area contributed by atoms with Crippen LogP contribution in [0.1, 0.15) is 0 Å². The van der Waals surface area contributed by atoms with Crippen molar-refractivity contribution in [1.29, 1.82) is 0 Å². The van der Waals surface area contributed by atoms with Crippen molar-refractivity contribution in [3.8, 4) is 11.4 Å². The van der Waals surface area contributed by atoms with Gasteiger partial charge in [0.25, 0.3) is 0 Å². The van der Waals surface area contributed by atoms with Crippen LogP contribution in [0.5, 0.6) is 0 Å². The van der Waals surface area contributed by atoms with E-state index < -0.39 is 0 Å². The monoisotopic (exact) mass is 481 g/mol. The van der Waals surface area contributed by atoms with Crippen molar-refractivity contribution >= 4 is 53.8 Å². The summed E-state index contributed by atoms with van der Waals surface area (Å²) in [4.78, 5) is 11.8. The fourth-order valence-electron chi connectivity index (χ4n) is 2.73. The van der Waals surface area contributed by atoms with E-state index in [1.165, 1.54) is 12.7 Å². The van der Waals surface area contributed by atoms with E-state index in [1.54, 1.807) is 0 Å². The molecular weight excluding hydrogens is 470 g/mol. The summed E-state index contributed by atoms with van der Waals surface area (Å²) in [5.41, 5.74) is 2.84. The summed E-state index contributed by atoms with van der Waals surface area (Å²) < 4.78 is 7.83. The molecule has 2 heterocycles. The van der Waals surface area contributed by atoms with E-state index in [0.717, 1.165) is 36.4 Å². The maximum Gasteiger partial charge on any atom is 0.162 e. The second-order valence-electron chi connectivity index (χ2n) is 5.66. The number of nitrogens with zero attached hydrogens (tertiary/aromatic N) is 3. The number of fused-ring (bicyclic) bond motifs is 3. The van der Waals surface area contributed by atoms with Crippen LogP contribution in [0, 0.1) is 0 Å². The molecule has 0 aliphatic heterocycles. The van der Waals surface area contributed by atoms with E-state index in [4.69, 9.17) is 4.42 Å². The molecule has 132 valence electrons. The molecule has 5 rings (SSSR count). The predicted molar refractivity (Wildman–Crippen MR) is 114 cm³/mol. The normalized spacial score (nSPS) is 10.6. The lowest BCUT2D eigenvalue weighted by Crippen LogP contribution is -1.87. The van der Waals surface area contributed by atoms with E-state index in [0.29, 0.717) is 5.82 Å². The smallest absolute Gasteiger partial charge is 0.162 e. The van der Waals surface area contributed by atoms with Crippen LogP contribution in [-0.4, -0.2) is 15.0 Å². The van der Waals surface area contributed by atoms with Gasteiger partial charge in [0.1, 0.15) is 23.8 Å². The molecule has 6 heteroatoms. The second-order valence-corrected chi connectivity index (χ2v) is 7.31. The van der Waals surface area contributed by atoms with Crippen molar-refractivity contribution in [2.45, 2.75) is 0 Å². The Morgan fingerprint density at radius 2 is 1.41 bits per heavy atom. The summed E-state index contributed by atoms with van der Waals surface area (Å²) in [6.07, 6.45) is 2.99. The number of aromatic nitrogens is 3. The number of benzene rings is 3. The van der Waals surface area contributed by atoms with Gasteiger partial charge in [-0.15, -0.1) is 0 Å². The van der Waals surface area contributed by atoms with Gasteiger partial charge in [-0.25, -0.2) is 15.0 Å². The first-order chi connectivity index (χ1) is 13.2. The molecule has 0 fully saturated rings. The summed E-state index contributed by atoms with van der Waals surface area (Å²) in [5.74, 6) is 0.714. The van der Waals surface area contributed by atoms with Crippen molar-refractivity contribution in [3.63, 3.8) is 0 Å². The molecule has 0 N–H and O–H groups in total. The fourth-order valence-corrected chi connectivity index (χ4v) is 3.60. The Morgan fingerprint density at radius 3 is 2.19 bits per heavy atom. The molecule has 3 aromatic carbocycles. The molecule has 0 saturated heterocycles. The molecule has 0 unspecified atom stereocenters. The molecule has 2 aromatic heterocycles. The highest BCUT2D eigenvalue weighted by Gasteiger charge is 2.11. The summed E-state index contributed by atoms with van der Waals surface area (Å²) in [6.45, 7) is 0. The third kappa shape index (κ3) is 3.77. The number of halogens is 2. The molecule has 0 atom stereocenters. The highest BCUT2D eigenvalue weighted by Crippen LogP contribution is 2.37. The maximum atomic E-state index is 5.74. The van der Waals surface area contributed by atoms with Gasteiger partial charge in [-0.1, -0.05) is 48.5 Å². The van der Waals surface area contributed by atoms with Crippen LogP contribution in [0.2, 0.25) is 0 Å². The van der Waals surface area contributed by atoms with E-state index in [-0.39, 0.29) is 0 Å². The fraction of sp³-hybridized carbons (Fsp3) is 0. The third-order valence-corrected chi connectivity index (χ3v) is 5.97. The zero-order valence-corrected chi connectivity index (χ0v) is 17.2. The SMILES string of the molecule is Brc1ccc2oc3ccccc3c2c1Br.c1ccc(-c2ncncn2)cc1. The van der Waals surface area contributed by atoms with Crippen LogP contribution in [0.3, 0.4) is 0 Å². The van der Waals surface area contributed by atoms with Crippen LogP contribution in [-0.2, 0) is 0 Å². The Hall–Kier alpha value is -2.57. The molecular formula is C21H13Br2N3O. The third-order valence-electron chi connectivity index (χ3n) is 3.96. The first-order valence-electron chi connectivity index (χ1n) is 8.16. The van der Waals surface area contributed by atoms with Crippen LogP contribution in [0.15, 0.2) is 92.7 Å². The Labute approximate surface area is 172 Å². The molecule has 0 spiro atoms. The zero-order chi connectivity index (χ0) is 18.6. The van der Waals surface area contributed by atoms with Crippen molar-refractivity contribution < 1.29 is 4.42 Å². The van der Waals surface area contributed by atoms with Crippen LogP contribution in [0.25, 0.3) is 33.3 Å². The van der Waals surface area contributed by atoms with E-state index in [9.17, 15) is 0 Å². The topological polar surface area (TPSA) is 51.8 Å². The minimum absolute atomic E-state index is 0.714. The lowest BCUT2D eigenvalue weighted by atomic mass is 10.2. The van der Waals surface area contributed by atoms with Gasteiger partial charge >= 0.3 is 0 Å². The van der Waals surface area contributed by atoms with Crippen LogP contribution >= 0.6 is 31.9 Å². The molecule has 0 aliphatic rings. The maximum absolute atomic E-state index is 5.74. The number of para-hydroxylation sites is 1. The minimum Gasteiger partial charge on any atom is -0.456 e. The van der Waals surface area contributed by atoms with Crippen LogP contribution < -0.4 is 0 Å². The lowest BCUT2D eigenvalue weighted by Gasteiger charge is -1.96. The first kappa shape index (κ1) is 17.8. The van der Waals surface area contributed by atoms with E-state index in [2.05, 4.69) is 52.9 Å². The van der Waals surface area contributed by atoms with Crippen molar-refractivity contribution in [1.82, 2.24) is 15.0 Å². The van der Waals surface area contributed by atoms with E-state index >= 15 is 0 Å². The summed E-state index contributed by atoms with van der Waals surface area (Å²) in [6, 6.07) is 21.8. The van der Waals surface area contributed by atoms with Gasteiger partial charge in [0.05, 0.1) is 0 Å².